The Hall–Kier alpha value is -1.92. The smallest absolute Gasteiger partial charge is 0.255 e. The highest BCUT2D eigenvalue weighted by molar-refractivity contribution is 8.16. The zero-order valence-corrected chi connectivity index (χ0v) is 16.5. The van der Waals surface area contributed by atoms with E-state index in [4.69, 9.17) is 0 Å². The van der Waals surface area contributed by atoms with Gasteiger partial charge < -0.3 is 10.2 Å². The van der Waals surface area contributed by atoms with Crippen LogP contribution in [0.3, 0.4) is 0 Å². The van der Waals surface area contributed by atoms with Crippen LogP contribution < -0.4 is 5.32 Å². The number of para-hydroxylation sites is 1. The molecule has 0 saturated carbocycles. The number of rotatable bonds is 4. The largest absolute Gasteiger partial charge is 0.345 e. The summed E-state index contributed by atoms with van der Waals surface area (Å²) in [7, 11) is 3.39. The van der Waals surface area contributed by atoms with Gasteiger partial charge in [-0.25, -0.2) is 0 Å². The molecule has 0 bridgehead atoms. The second-order valence-electron chi connectivity index (χ2n) is 6.25. The van der Waals surface area contributed by atoms with Gasteiger partial charge in [-0.1, -0.05) is 24.3 Å². The maximum absolute atomic E-state index is 12.6. The number of thioether (sulfide) groups is 2. The third-order valence-electron chi connectivity index (χ3n) is 4.08. The first-order valence-corrected chi connectivity index (χ1v) is 10.6. The SMILES string of the molecule is CN(C)C(=O)c1ccccc1NC(=O)c1ccc(C2SCCCS2)cc1. The highest BCUT2D eigenvalue weighted by Gasteiger charge is 2.18. The van der Waals surface area contributed by atoms with Crippen molar-refractivity contribution in [1.82, 2.24) is 4.90 Å². The van der Waals surface area contributed by atoms with Crippen LogP contribution >= 0.6 is 23.5 Å². The number of nitrogens with zero attached hydrogens (tertiary/aromatic N) is 1. The summed E-state index contributed by atoms with van der Waals surface area (Å²) in [6.45, 7) is 0. The van der Waals surface area contributed by atoms with Crippen molar-refractivity contribution in [3.05, 3.63) is 65.2 Å². The molecule has 1 saturated heterocycles. The molecule has 0 atom stereocenters. The van der Waals surface area contributed by atoms with Crippen LogP contribution in [0.25, 0.3) is 0 Å². The van der Waals surface area contributed by atoms with Crippen molar-refractivity contribution in [1.29, 1.82) is 0 Å². The molecule has 3 rings (SSSR count). The summed E-state index contributed by atoms with van der Waals surface area (Å²) in [6, 6.07) is 14.8. The van der Waals surface area contributed by atoms with E-state index in [1.165, 1.54) is 28.4 Å². The van der Waals surface area contributed by atoms with E-state index in [1.807, 2.05) is 53.9 Å². The van der Waals surface area contributed by atoms with E-state index in [1.54, 1.807) is 32.3 Å². The first-order chi connectivity index (χ1) is 12.6. The first-order valence-electron chi connectivity index (χ1n) is 8.51. The Morgan fingerprint density at radius 2 is 1.65 bits per heavy atom. The Labute approximate surface area is 162 Å². The minimum atomic E-state index is -0.209. The first kappa shape index (κ1) is 18.9. The molecule has 6 heteroatoms. The highest BCUT2D eigenvalue weighted by Crippen LogP contribution is 2.43. The third-order valence-corrected chi connectivity index (χ3v) is 7.10. The Morgan fingerprint density at radius 1 is 1.00 bits per heavy atom. The standard InChI is InChI=1S/C20H22N2O2S2/c1-22(2)19(24)16-6-3-4-7-17(16)21-18(23)14-8-10-15(11-9-14)20-25-12-5-13-26-20/h3-4,6-11,20H,5,12-13H2,1-2H3,(H,21,23). The van der Waals surface area contributed by atoms with Crippen molar-refractivity contribution in [3.8, 4) is 0 Å². The molecule has 2 amide bonds. The van der Waals surface area contributed by atoms with Gasteiger partial charge in [0, 0.05) is 19.7 Å². The predicted octanol–water partition coefficient (Wildman–Crippen LogP) is 4.51. The molecule has 2 aromatic carbocycles. The predicted molar refractivity (Wildman–Crippen MR) is 111 cm³/mol. The van der Waals surface area contributed by atoms with Gasteiger partial charge in [0.25, 0.3) is 11.8 Å². The van der Waals surface area contributed by atoms with Crippen LogP contribution in [0.4, 0.5) is 5.69 Å². The third kappa shape index (κ3) is 4.43. The van der Waals surface area contributed by atoms with Gasteiger partial charge in [0.15, 0.2) is 0 Å². The van der Waals surface area contributed by atoms with E-state index in [-0.39, 0.29) is 11.8 Å². The molecule has 0 aliphatic carbocycles. The van der Waals surface area contributed by atoms with E-state index >= 15 is 0 Å². The van der Waals surface area contributed by atoms with Crippen LogP contribution in [0.15, 0.2) is 48.5 Å². The minimum absolute atomic E-state index is 0.136. The van der Waals surface area contributed by atoms with Gasteiger partial charge in [0.05, 0.1) is 15.8 Å². The second-order valence-corrected chi connectivity index (χ2v) is 8.97. The summed E-state index contributed by atoms with van der Waals surface area (Å²) in [6.07, 6.45) is 1.26. The van der Waals surface area contributed by atoms with E-state index < -0.39 is 0 Å². The van der Waals surface area contributed by atoms with Gasteiger partial charge in [-0.3, -0.25) is 9.59 Å². The maximum atomic E-state index is 12.6. The summed E-state index contributed by atoms with van der Waals surface area (Å²) in [5.41, 5.74) is 2.85. The normalized spacial score (nSPS) is 14.7. The molecule has 0 unspecified atom stereocenters. The van der Waals surface area contributed by atoms with Gasteiger partial charge in [-0.2, -0.15) is 0 Å². The monoisotopic (exact) mass is 386 g/mol. The zero-order valence-electron chi connectivity index (χ0n) is 14.9. The van der Waals surface area contributed by atoms with Crippen LogP contribution in [0.2, 0.25) is 0 Å². The Morgan fingerprint density at radius 3 is 2.31 bits per heavy atom. The lowest BCUT2D eigenvalue weighted by Crippen LogP contribution is -2.24. The van der Waals surface area contributed by atoms with Crippen LogP contribution in [-0.2, 0) is 0 Å². The molecule has 26 heavy (non-hydrogen) atoms. The molecular formula is C20H22N2O2S2. The van der Waals surface area contributed by atoms with Crippen LogP contribution in [0, 0.1) is 0 Å². The van der Waals surface area contributed by atoms with Crippen molar-refractivity contribution >= 4 is 41.0 Å². The minimum Gasteiger partial charge on any atom is -0.345 e. The summed E-state index contributed by atoms with van der Waals surface area (Å²) in [5.74, 6) is 2.04. The Kier molecular flexibility index (Phi) is 6.27. The second kappa shape index (κ2) is 8.64. The number of amides is 2. The van der Waals surface area contributed by atoms with Gasteiger partial charge >= 0.3 is 0 Å². The van der Waals surface area contributed by atoms with Crippen LogP contribution in [0.1, 0.15) is 37.3 Å². The van der Waals surface area contributed by atoms with Crippen molar-refractivity contribution in [2.24, 2.45) is 0 Å². The number of carbonyl (C=O) groups excluding carboxylic acids is 2. The number of nitrogens with one attached hydrogen (secondary N) is 1. The lowest BCUT2D eigenvalue weighted by Gasteiger charge is -2.21. The highest BCUT2D eigenvalue weighted by atomic mass is 32.2. The summed E-state index contributed by atoms with van der Waals surface area (Å²) in [5, 5.41) is 2.86. The van der Waals surface area contributed by atoms with Crippen molar-refractivity contribution in [2.75, 3.05) is 30.9 Å². The maximum Gasteiger partial charge on any atom is 0.255 e. The van der Waals surface area contributed by atoms with E-state index in [9.17, 15) is 9.59 Å². The molecule has 1 fully saturated rings. The molecule has 1 aliphatic heterocycles. The van der Waals surface area contributed by atoms with E-state index in [0.29, 0.717) is 21.4 Å². The van der Waals surface area contributed by atoms with Gasteiger partial charge in [-0.05, 0) is 47.8 Å². The number of carbonyl (C=O) groups is 2. The lowest BCUT2D eigenvalue weighted by atomic mass is 10.1. The van der Waals surface area contributed by atoms with Gasteiger partial charge in [0.1, 0.15) is 0 Å². The van der Waals surface area contributed by atoms with Crippen molar-refractivity contribution in [3.63, 3.8) is 0 Å². The molecule has 0 aromatic heterocycles. The average molecular weight is 387 g/mol. The van der Waals surface area contributed by atoms with Crippen molar-refractivity contribution < 1.29 is 9.59 Å². The lowest BCUT2D eigenvalue weighted by molar-refractivity contribution is 0.0828. The van der Waals surface area contributed by atoms with Gasteiger partial charge in [0.2, 0.25) is 0 Å². The Bertz CT molecular complexity index is 785. The summed E-state index contributed by atoms with van der Waals surface area (Å²) < 4.78 is 0.458. The molecule has 1 heterocycles. The van der Waals surface area contributed by atoms with E-state index in [0.717, 1.165) is 0 Å². The Balaban J connectivity index is 1.73. The molecule has 1 N–H and O–H groups in total. The van der Waals surface area contributed by atoms with Crippen LogP contribution in [0.5, 0.6) is 0 Å². The fourth-order valence-corrected chi connectivity index (χ4v) is 5.58. The molecule has 0 radical (unpaired) electrons. The molecule has 4 nitrogen and oxygen atoms in total. The average Bonchev–Trinajstić information content (AvgIpc) is 2.68. The number of anilines is 1. The molecule has 2 aromatic rings. The number of benzene rings is 2. The molecular weight excluding hydrogens is 364 g/mol. The van der Waals surface area contributed by atoms with Gasteiger partial charge in [-0.15, -0.1) is 23.5 Å². The topological polar surface area (TPSA) is 49.4 Å². The number of hydrogen-bond acceptors (Lipinski definition) is 4. The zero-order chi connectivity index (χ0) is 18.5. The molecule has 136 valence electrons. The quantitative estimate of drug-likeness (QED) is 0.840. The summed E-state index contributed by atoms with van der Waals surface area (Å²) in [4.78, 5) is 26.4. The molecule has 0 spiro atoms. The van der Waals surface area contributed by atoms with Crippen molar-refractivity contribution in [2.45, 2.75) is 11.0 Å². The fourth-order valence-electron chi connectivity index (χ4n) is 2.69. The molecule has 1 aliphatic rings. The summed E-state index contributed by atoms with van der Waals surface area (Å²) >= 11 is 3.92. The number of hydrogen-bond donors (Lipinski definition) is 1. The fraction of sp³-hybridized carbons (Fsp3) is 0.300. The van der Waals surface area contributed by atoms with Crippen LogP contribution in [-0.4, -0.2) is 42.3 Å². The van der Waals surface area contributed by atoms with E-state index in [2.05, 4.69) is 5.32 Å².